The van der Waals surface area contributed by atoms with Gasteiger partial charge in [-0.15, -0.1) is 0 Å². The van der Waals surface area contributed by atoms with Gasteiger partial charge in [-0.05, 0) is 59.1 Å². The molecule has 0 atom stereocenters. The fourth-order valence-electron chi connectivity index (χ4n) is 4.08. The van der Waals surface area contributed by atoms with Gasteiger partial charge in [0.05, 0.1) is 8.47 Å². The molecule has 0 unspecified atom stereocenters. The van der Waals surface area contributed by atoms with Crippen molar-refractivity contribution in [3.05, 3.63) is 78.9 Å². The Hall–Kier alpha value is -2.00. The molecule has 0 saturated heterocycles. The van der Waals surface area contributed by atoms with Crippen LogP contribution in [-0.4, -0.2) is 11.9 Å². The van der Waals surface area contributed by atoms with Crippen molar-refractivity contribution in [2.24, 2.45) is 0 Å². The minimum absolute atomic E-state index is 0.159. The van der Waals surface area contributed by atoms with Gasteiger partial charge in [-0.2, -0.15) is 0 Å². The van der Waals surface area contributed by atoms with Gasteiger partial charge in [0.1, 0.15) is 11.5 Å². The lowest BCUT2D eigenvalue weighted by atomic mass is 10.1. The maximum atomic E-state index is 12.1. The number of thioether (sulfide) groups is 4. The average Bonchev–Trinajstić information content (AvgIpc) is 3.65. The van der Waals surface area contributed by atoms with Gasteiger partial charge in [-0.1, -0.05) is 124 Å². The molecule has 2 aliphatic heterocycles. The highest BCUT2D eigenvalue weighted by Gasteiger charge is 2.23. The number of hydrogen-bond donors (Lipinski definition) is 0. The second kappa shape index (κ2) is 16.4. The highest BCUT2D eigenvalue weighted by molar-refractivity contribution is 8.36. The Morgan fingerprint density at radius 2 is 0.975 bits per heavy atom. The van der Waals surface area contributed by atoms with Crippen molar-refractivity contribution in [3.63, 3.8) is 0 Å². The molecule has 0 saturated carbocycles. The third kappa shape index (κ3) is 9.54. The summed E-state index contributed by atoms with van der Waals surface area (Å²) in [5.74, 6) is 0.881. The zero-order valence-corrected chi connectivity index (χ0v) is 26.4. The van der Waals surface area contributed by atoms with Crippen LogP contribution in [0.1, 0.15) is 89.2 Å². The van der Waals surface area contributed by atoms with E-state index < -0.39 is 0 Å². The fourth-order valence-corrected chi connectivity index (χ4v) is 9.01. The van der Waals surface area contributed by atoms with Crippen LogP contribution in [0, 0.1) is 0 Å². The van der Waals surface area contributed by atoms with E-state index in [9.17, 15) is 9.59 Å². The van der Waals surface area contributed by atoms with E-state index in [0.717, 1.165) is 62.5 Å². The van der Waals surface area contributed by atoms with E-state index in [1.165, 1.54) is 18.3 Å². The van der Waals surface area contributed by atoms with Crippen molar-refractivity contribution < 1.29 is 19.1 Å². The van der Waals surface area contributed by atoms with Crippen LogP contribution in [0.3, 0.4) is 0 Å². The van der Waals surface area contributed by atoms with Crippen molar-refractivity contribution in [2.75, 3.05) is 0 Å². The largest absolute Gasteiger partial charge is 0.427 e. The van der Waals surface area contributed by atoms with E-state index >= 15 is 0 Å². The van der Waals surface area contributed by atoms with Crippen LogP contribution in [0.25, 0.3) is 9.81 Å². The molecule has 0 spiro atoms. The maximum absolute atomic E-state index is 12.1. The number of rotatable bonds is 14. The number of unbranched alkanes of at least 4 members (excludes halogenated alkanes) is 6. The van der Waals surface area contributed by atoms with E-state index in [2.05, 4.69) is 24.7 Å². The summed E-state index contributed by atoms with van der Waals surface area (Å²) in [6, 6.07) is 15.6. The zero-order chi connectivity index (χ0) is 28.2. The van der Waals surface area contributed by atoms with E-state index in [0.29, 0.717) is 24.3 Å². The summed E-state index contributed by atoms with van der Waals surface area (Å²) in [5.41, 5.74) is 2.24. The summed E-state index contributed by atoms with van der Waals surface area (Å²) in [4.78, 5) is 26.5. The standard InChI is InChI=1S/C32H36O4S4/c1-3-5-7-9-11-29(33)35-25-17-13-23(14-18-25)27-21-37-31(39-27)32-38-22-28(40-32)24-15-19-26(20-16-24)36-30(34)12-10-8-6-4-2/h13-22H,3-12H2,1-2H3/b32-31+. The number of ether oxygens (including phenoxy) is 2. The molecule has 40 heavy (non-hydrogen) atoms. The van der Waals surface area contributed by atoms with Crippen LogP contribution < -0.4 is 9.47 Å². The molecule has 0 aliphatic carbocycles. The van der Waals surface area contributed by atoms with E-state index in [1.807, 2.05) is 48.5 Å². The second-order valence-corrected chi connectivity index (χ2v) is 14.0. The lowest BCUT2D eigenvalue weighted by molar-refractivity contribution is -0.135. The highest BCUT2D eigenvalue weighted by atomic mass is 32.2. The molecular formula is C32H36O4S4. The Bertz CT molecular complexity index is 1150. The highest BCUT2D eigenvalue weighted by Crippen LogP contribution is 2.58. The molecule has 0 aromatic heterocycles. The Balaban J connectivity index is 1.24. The first-order valence-electron chi connectivity index (χ1n) is 14.0. The van der Waals surface area contributed by atoms with Crippen LogP contribution in [0.2, 0.25) is 0 Å². The average molecular weight is 613 g/mol. The fraction of sp³-hybridized carbons (Fsp3) is 0.375. The lowest BCUT2D eigenvalue weighted by Gasteiger charge is -2.07. The summed E-state index contributed by atoms with van der Waals surface area (Å²) in [6.07, 6.45) is 9.48. The van der Waals surface area contributed by atoms with Crippen molar-refractivity contribution in [1.29, 1.82) is 0 Å². The Morgan fingerprint density at radius 3 is 1.35 bits per heavy atom. The molecule has 4 rings (SSSR count). The summed E-state index contributed by atoms with van der Waals surface area (Å²) in [6.45, 7) is 4.32. The molecule has 0 radical (unpaired) electrons. The smallest absolute Gasteiger partial charge is 0.311 e. The molecule has 212 valence electrons. The lowest BCUT2D eigenvalue weighted by Crippen LogP contribution is -2.07. The summed E-state index contributed by atoms with van der Waals surface area (Å²) < 4.78 is 13.5. The van der Waals surface area contributed by atoms with Crippen molar-refractivity contribution in [1.82, 2.24) is 0 Å². The summed E-state index contributed by atoms with van der Waals surface area (Å²) in [5, 5.41) is 4.37. The van der Waals surface area contributed by atoms with Crippen molar-refractivity contribution in [3.8, 4) is 11.5 Å². The van der Waals surface area contributed by atoms with E-state index in [-0.39, 0.29) is 11.9 Å². The third-order valence-electron chi connectivity index (χ3n) is 6.33. The van der Waals surface area contributed by atoms with Crippen molar-refractivity contribution in [2.45, 2.75) is 78.1 Å². The first kappa shape index (κ1) is 30.9. The van der Waals surface area contributed by atoms with Crippen LogP contribution in [0.15, 0.2) is 67.8 Å². The first-order chi connectivity index (χ1) is 19.6. The van der Waals surface area contributed by atoms with Gasteiger partial charge in [0, 0.05) is 22.7 Å². The Labute approximate surface area is 255 Å². The number of carbonyl (C=O) groups excluding carboxylic acids is 2. The molecule has 4 nitrogen and oxygen atoms in total. The molecule has 8 heteroatoms. The van der Waals surface area contributed by atoms with Crippen LogP contribution in [0.4, 0.5) is 0 Å². The maximum Gasteiger partial charge on any atom is 0.311 e. The minimum Gasteiger partial charge on any atom is -0.427 e. The molecule has 2 aromatic rings. The molecular weight excluding hydrogens is 577 g/mol. The predicted molar refractivity (Wildman–Crippen MR) is 175 cm³/mol. The van der Waals surface area contributed by atoms with Gasteiger partial charge >= 0.3 is 11.9 Å². The monoisotopic (exact) mass is 612 g/mol. The van der Waals surface area contributed by atoms with E-state index in [1.54, 1.807) is 47.0 Å². The summed E-state index contributed by atoms with van der Waals surface area (Å²) in [7, 11) is 0. The molecule has 2 aliphatic rings. The molecule has 2 heterocycles. The van der Waals surface area contributed by atoms with Gasteiger partial charge in [-0.25, -0.2) is 0 Å². The van der Waals surface area contributed by atoms with E-state index in [4.69, 9.17) is 9.47 Å². The molecule has 2 aromatic carbocycles. The number of carbonyl (C=O) groups is 2. The third-order valence-corrected chi connectivity index (χ3v) is 11.7. The Kier molecular flexibility index (Phi) is 12.7. The molecule has 0 amide bonds. The predicted octanol–water partition coefficient (Wildman–Crippen LogP) is 10.8. The number of benzene rings is 2. The first-order valence-corrected chi connectivity index (χ1v) is 17.4. The van der Waals surface area contributed by atoms with Gasteiger partial charge < -0.3 is 9.47 Å². The number of esters is 2. The van der Waals surface area contributed by atoms with Crippen LogP contribution in [0.5, 0.6) is 11.5 Å². The van der Waals surface area contributed by atoms with Crippen molar-refractivity contribution >= 4 is 68.8 Å². The van der Waals surface area contributed by atoms with Gasteiger partial charge in [0.25, 0.3) is 0 Å². The second-order valence-electron chi connectivity index (χ2n) is 9.60. The zero-order valence-electron chi connectivity index (χ0n) is 23.1. The molecule has 0 N–H and O–H groups in total. The molecule has 0 fully saturated rings. The van der Waals surface area contributed by atoms with Gasteiger partial charge in [0.15, 0.2) is 0 Å². The van der Waals surface area contributed by atoms with Gasteiger partial charge in [-0.3, -0.25) is 9.59 Å². The minimum atomic E-state index is -0.159. The normalized spacial score (nSPS) is 16.6. The van der Waals surface area contributed by atoms with Gasteiger partial charge in [0.2, 0.25) is 0 Å². The summed E-state index contributed by atoms with van der Waals surface area (Å²) >= 11 is 7.05. The Morgan fingerprint density at radius 1 is 0.575 bits per heavy atom. The quantitative estimate of drug-likeness (QED) is 0.119. The topological polar surface area (TPSA) is 52.6 Å². The SMILES string of the molecule is CCCCCCC(=O)Oc1ccc(C2=CS/C(=C3/SC=C(c4ccc(OC(=O)CCCCCC)cc4)S3)S2)cc1. The van der Waals surface area contributed by atoms with Crippen LogP contribution >= 0.6 is 47.0 Å². The number of hydrogen-bond acceptors (Lipinski definition) is 8. The van der Waals surface area contributed by atoms with Crippen LogP contribution in [-0.2, 0) is 9.59 Å². The molecule has 0 bridgehead atoms.